The number of anilines is 1. The van der Waals surface area contributed by atoms with Crippen molar-refractivity contribution in [1.82, 2.24) is 4.90 Å². The Balaban J connectivity index is 1.73. The molecule has 0 radical (unpaired) electrons. The highest BCUT2D eigenvalue weighted by Crippen LogP contribution is 2.33. The smallest absolute Gasteiger partial charge is 0.416 e. The maximum atomic E-state index is 12.8. The van der Waals surface area contributed by atoms with E-state index in [2.05, 4.69) is 0 Å². The number of ether oxygens (including phenoxy) is 2. The third-order valence-electron chi connectivity index (χ3n) is 4.48. The van der Waals surface area contributed by atoms with Crippen molar-refractivity contribution in [3.63, 3.8) is 0 Å². The fourth-order valence-electron chi connectivity index (χ4n) is 3.33. The first-order valence-corrected chi connectivity index (χ1v) is 8.58. The van der Waals surface area contributed by atoms with Gasteiger partial charge in [0, 0.05) is 18.8 Å². The lowest BCUT2D eigenvalue weighted by molar-refractivity contribution is -0.137. The Morgan fingerprint density at radius 3 is 2.38 bits per heavy atom. The maximum Gasteiger partial charge on any atom is 0.416 e. The summed E-state index contributed by atoms with van der Waals surface area (Å²) in [5, 5.41) is 0. The van der Waals surface area contributed by atoms with E-state index < -0.39 is 23.4 Å². The van der Waals surface area contributed by atoms with E-state index in [1.165, 1.54) is 12.1 Å². The van der Waals surface area contributed by atoms with E-state index in [-0.39, 0.29) is 12.1 Å². The van der Waals surface area contributed by atoms with Crippen LogP contribution in [-0.4, -0.2) is 55.0 Å². The normalized spacial score (nSPS) is 23.8. The number of rotatable bonds is 1. The summed E-state index contributed by atoms with van der Waals surface area (Å²) >= 11 is 0. The average molecular weight is 372 g/mol. The Labute approximate surface area is 150 Å². The van der Waals surface area contributed by atoms with Gasteiger partial charge in [0.2, 0.25) is 0 Å². The monoisotopic (exact) mass is 372 g/mol. The lowest BCUT2D eigenvalue weighted by Crippen LogP contribution is -2.51. The Morgan fingerprint density at radius 2 is 1.81 bits per heavy atom. The topological polar surface area (TPSA) is 42.0 Å². The summed E-state index contributed by atoms with van der Waals surface area (Å²) in [4.78, 5) is 15.9. The minimum atomic E-state index is -4.35. The second-order valence-electron chi connectivity index (χ2n) is 7.60. The summed E-state index contributed by atoms with van der Waals surface area (Å²) in [6, 6.07) is 5.01. The Hall–Kier alpha value is -1.96. The number of halogens is 3. The number of amides is 1. The van der Waals surface area contributed by atoms with E-state index in [1.54, 1.807) is 25.7 Å². The molecule has 2 unspecified atom stereocenters. The molecule has 2 fully saturated rings. The lowest BCUT2D eigenvalue weighted by Gasteiger charge is -2.38. The minimum Gasteiger partial charge on any atom is -0.444 e. The lowest BCUT2D eigenvalue weighted by atomic mass is 10.1. The number of likely N-dealkylation sites (tertiary alicyclic amines) is 1. The van der Waals surface area contributed by atoms with Crippen LogP contribution in [0.2, 0.25) is 0 Å². The van der Waals surface area contributed by atoms with Gasteiger partial charge in [-0.3, -0.25) is 0 Å². The van der Waals surface area contributed by atoms with Crippen molar-refractivity contribution in [2.45, 2.75) is 44.7 Å². The Morgan fingerprint density at radius 1 is 1.15 bits per heavy atom. The van der Waals surface area contributed by atoms with Gasteiger partial charge in [0.05, 0.1) is 30.9 Å². The molecular formula is C18H23F3N2O3. The molecule has 1 aromatic rings. The van der Waals surface area contributed by atoms with Gasteiger partial charge in [-0.25, -0.2) is 4.79 Å². The van der Waals surface area contributed by atoms with Crippen molar-refractivity contribution in [1.29, 1.82) is 0 Å². The molecule has 0 spiro atoms. The summed E-state index contributed by atoms with van der Waals surface area (Å²) < 4.78 is 49.5. The highest BCUT2D eigenvalue weighted by Gasteiger charge is 2.43. The predicted molar refractivity (Wildman–Crippen MR) is 90.1 cm³/mol. The van der Waals surface area contributed by atoms with Crippen molar-refractivity contribution in [2.75, 3.05) is 31.1 Å². The summed E-state index contributed by atoms with van der Waals surface area (Å²) in [6.45, 7) is 7.27. The number of nitrogens with zero attached hydrogens (tertiary/aromatic N) is 2. The number of hydrogen-bond donors (Lipinski definition) is 0. The summed E-state index contributed by atoms with van der Waals surface area (Å²) in [6.07, 6.45) is -4.94. The minimum absolute atomic E-state index is 0.104. The first-order chi connectivity index (χ1) is 12.0. The van der Waals surface area contributed by atoms with Crippen LogP contribution in [0.4, 0.5) is 23.7 Å². The molecule has 0 saturated carbocycles. The molecular weight excluding hydrogens is 349 g/mol. The van der Waals surface area contributed by atoms with Crippen LogP contribution in [0.25, 0.3) is 0 Å². The van der Waals surface area contributed by atoms with Gasteiger partial charge in [-0.05, 0) is 45.0 Å². The second kappa shape index (κ2) is 6.64. The van der Waals surface area contributed by atoms with Crippen molar-refractivity contribution < 1.29 is 27.4 Å². The summed E-state index contributed by atoms with van der Waals surface area (Å²) in [7, 11) is 0. The first-order valence-electron chi connectivity index (χ1n) is 8.58. The molecule has 26 heavy (non-hydrogen) atoms. The fraction of sp³-hybridized carbons (Fsp3) is 0.611. The zero-order valence-electron chi connectivity index (χ0n) is 15.0. The van der Waals surface area contributed by atoms with Crippen LogP contribution in [0.1, 0.15) is 26.3 Å². The van der Waals surface area contributed by atoms with Crippen molar-refractivity contribution in [3.05, 3.63) is 29.8 Å². The zero-order valence-corrected chi connectivity index (χ0v) is 15.0. The largest absolute Gasteiger partial charge is 0.444 e. The molecule has 2 atom stereocenters. The van der Waals surface area contributed by atoms with E-state index in [4.69, 9.17) is 9.47 Å². The molecule has 2 aliphatic rings. The molecule has 144 valence electrons. The molecule has 5 nitrogen and oxygen atoms in total. The van der Waals surface area contributed by atoms with Gasteiger partial charge in [-0.2, -0.15) is 13.2 Å². The number of hydrogen-bond acceptors (Lipinski definition) is 4. The number of morpholine rings is 1. The van der Waals surface area contributed by atoms with Gasteiger partial charge in [0.1, 0.15) is 5.60 Å². The van der Waals surface area contributed by atoms with E-state index in [1.807, 2.05) is 4.90 Å². The molecule has 0 N–H and O–H groups in total. The maximum absolute atomic E-state index is 12.8. The van der Waals surface area contributed by atoms with Crippen LogP contribution >= 0.6 is 0 Å². The number of carbonyl (C=O) groups is 1. The van der Waals surface area contributed by atoms with Crippen molar-refractivity contribution in [3.8, 4) is 0 Å². The third kappa shape index (κ3) is 4.06. The standard InChI is InChI=1S/C18H23F3N2O3/c1-17(2,3)26-16(24)22-10-14-15(11-22)25-9-8-23(14)13-6-4-12(5-7-13)18(19,20)21/h4-7,14-15H,8-11H2,1-3H3. The van der Waals surface area contributed by atoms with E-state index in [0.717, 1.165) is 12.1 Å². The van der Waals surface area contributed by atoms with Crippen LogP contribution in [0.5, 0.6) is 0 Å². The van der Waals surface area contributed by atoms with E-state index in [9.17, 15) is 18.0 Å². The second-order valence-corrected chi connectivity index (χ2v) is 7.60. The number of benzene rings is 1. The van der Waals surface area contributed by atoms with Gasteiger partial charge in [-0.15, -0.1) is 0 Å². The van der Waals surface area contributed by atoms with Gasteiger partial charge >= 0.3 is 12.3 Å². The van der Waals surface area contributed by atoms with Gasteiger partial charge in [-0.1, -0.05) is 0 Å². The molecule has 8 heteroatoms. The zero-order chi connectivity index (χ0) is 19.1. The summed E-state index contributed by atoms with van der Waals surface area (Å²) in [5.74, 6) is 0. The van der Waals surface area contributed by atoms with Crippen LogP contribution in [0.3, 0.4) is 0 Å². The van der Waals surface area contributed by atoms with Crippen LogP contribution in [0, 0.1) is 0 Å². The van der Waals surface area contributed by atoms with Crippen LogP contribution < -0.4 is 4.90 Å². The quantitative estimate of drug-likeness (QED) is 0.756. The molecule has 1 amide bonds. The van der Waals surface area contributed by atoms with Gasteiger partial charge in [0.15, 0.2) is 0 Å². The average Bonchev–Trinajstić information content (AvgIpc) is 2.97. The summed E-state index contributed by atoms with van der Waals surface area (Å²) in [5.41, 5.74) is -0.561. The Kier molecular flexibility index (Phi) is 4.81. The highest BCUT2D eigenvalue weighted by atomic mass is 19.4. The Bertz CT molecular complexity index is 655. The molecule has 0 aliphatic carbocycles. The fourth-order valence-corrected chi connectivity index (χ4v) is 3.33. The molecule has 3 rings (SSSR count). The molecule has 2 heterocycles. The number of fused-ring (bicyclic) bond motifs is 1. The van der Waals surface area contributed by atoms with E-state index in [0.29, 0.717) is 31.9 Å². The van der Waals surface area contributed by atoms with E-state index >= 15 is 0 Å². The van der Waals surface area contributed by atoms with Gasteiger partial charge in [0.25, 0.3) is 0 Å². The molecule has 1 aromatic carbocycles. The number of alkyl halides is 3. The molecule has 2 aliphatic heterocycles. The molecule has 0 bridgehead atoms. The first kappa shape index (κ1) is 18.8. The molecule has 2 saturated heterocycles. The third-order valence-corrected chi connectivity index (χ3v) is 4.48. The highest BCUT2D eigenvalue weighted by molar-refractivity contribution is 5.69. The van der Waals surface area contributed by atoms with Crippen molar-refractivity contribution in [2.24, 2.45) is 0 Å². The van der Waals surface area contributed by atoms with Crippen LogP contribution in [0.15, 0.2) is 24.3 Å². The van der Waals surface area contributed by atoms with Gasteiger partial charge < -0.3 is 19.3 Å². The van der Waals surface area contributed by atoms with Crippen LogP contribution in [-0.2, 0) is 15.7 Å². The number of carbonyl (C=O) groups excluding carboxylic acids is 1. The van der Waals surface area contributed by atoms with Crippen molar-refractivity contribution >= 4 is 11.8 Å². The SMILES string of the molecule is CC(C)(C)OC(=O)N1CC2OCCN(c3ccc(C(F)(F)F)cc3)C2C1. The predicted octanol–water partition coefficient (Wildman–Crippen LogP) is 3.53. The molecule has 0 aromatic heterocycles.